The molecule has 5 aromatic rings. The monoisotopic (exact) mass is 553 g/mol. The molecule has 0 saturated carbocycles. The van der Waals surface area contributed by atoms with Crippen LogP contribution in [0.1, 0.15) is 79.0 Å². The highest BCUT2D eigenvalue weighted by atomic mass is 16.5. The van der Waals surface area contributed by atoms with Crippen molar-refractivity contribution >= 4 is 22.1 Å². The van der Waals surface area contributed by atoms with E-state index < -0.39 is 0 Å². The van der Waals surface area contributed by atoms with Gasteiger partial charge in [-0.2, -0.15) is 0 Å². The third-order valence-corrected chi connectivity index (χ3v) is 8.50. The number of hydrogen-bond acceptors (Lipinski definition) is 2. The third kappa shape index (κ3) is 5.20. The fraction of sp³-hybridized carbons (Fsp3) is 0.300. The quantitative estimate of drug-likeness (QED) is 0.235. The van der Waals surface area contributed by atoms with Crippen LogP contribution in [0, 0.1) is 0 Å². The second-order valence-electron chi connectivity index (χ2n) is 14.9. The van der Waals surface area contributed by atoms with Gasteiger partial charge in [-0.15, -0.1) is 0 Å². The van der Waals surface area contributed by atoms with Gasteiger partial charge in [0.25, 0.3) is 0 Å². The summed E-state index contributed by atoms with van der Waals surface area (Å²) in [7, 11) is 0. The molecule has 1 aliphatic rings. The maximum absolute atomic E-state index is 6.36. The first-order valence-corrected chi connectivity index (χ1v) is 15.1. The lowest BCUT2D eigenvalue weighted by Crippen LogP contribution is -2.17. The molecule has 42 heavy (non-hydrogen) atoms. The molecule has 1 heterocycles. The predicted octanol–water partition coefficient (Wildman–Crippen LogP) is 11.9. The molecular formula is C40H43NO. The molecule has 0 fully saturated rings. The van der Waals surface area contributed by atoms with Crippen LogP contribution in [0.5, 0.6) is 11.5 Å². The number of nitrogens with one attached hydrogen (secondary N) is 1. The molecule has 0 amide bonds. The molecule has 2 nitrogen and oxygen atoms in total. The molecule has 1 N–H and O–H groups in total. The van der Waals surface area contributed by atoms with Crippen LogP contribution >= 0.6 is 0 Å². The van der Waals surface area contributed by atoms with Crippen molar-refractivity contribution in [1.29, 1.82) is 0 Å². The summed E-state index contributed by atoms with van der Waals surface area (Å²) < 4.78 is 6.36. The molecule has 0 aliphatic carbocycles. The molecule has 0 bridgehead atoms. The Labute approximate surface area is 251 Å². The van der Waals surface area contributed by atoms with Crippen molar-refractivity contribution in [2.75, 3.05) is 5.32 Å². The number of hydrogen-bond donors (Lipinski definition) is 1. The van der Waals surface area contributed by atoms with Crippen molar-refractivity contribution < 1.29 is 4.74 Å². The summed E-state index contributed by atoms with van der Waals surface area (Å²) in [5.41, 5.74) is 11.1. The summed E-state index contributed by atoms with van der Waals surface area (Å²) in [4.78, 5) is 0. The fourth-order valence-electron chi connectivity index (χ4n) is 5.80. The van der Waals surface area contributed by atoms with Crippen LogP contribution < -0.4 is 10.1 Å². The van der Waals surface area contributed by atoms with Crippen molar-refractivity contribution in [3.8, 4) is 33.8 Å². The summed E-state index contributed by atoms with van der Waals surface area (Å²) in [6.45, 7) is 20.7. The van der Waals surface area contributed by atoms with Crippen LogP contribution in [-0.4, -0.2) is 0 Å². The van der Waals surface area contributed by atoms with E-state index in [4.69, 9.17) is 4.74 Å². The van der Waals surface area contributed by atoms with Gasteiger partial charge < -0.3 is 10.1 Å². The molecular weight excluding hydrogens is 510 g/mol. The van der Waals surface area contributed by atoms with Crippen LogP contribution in [0.4, 0.5) is 11.4 Å². The molecule has 0 spiro atoms. The Hall–Kier alpha value is -4.04. The first kappa shape index (κ1) is 28.1. The molecule has 2 heteroatoms. The Kier molecular flexibility index (Phi) is 6.53. The van der Waals surface area contributed by atoms with Crippen LogP contribution in [0.25, 0.3) is 33.0 Å². The van der Waals surface area contributed by atoms with Gasteiger partial charge >= 0.3 is 0 Å². The van der Waals surface area contributed by atoms with Gasteiger partial charge in [-0.25, -0.2) is 0 Å². The van der Waals surface area contributed by atoms with E-state index in [2.05, 4.69) is 159 Å². The van der Waals surface area contributed by atoms with Gasteiger partial charge in [-0.05, 0) is 85.8 Å². The molecule has 0 unspecified atom stereocenters. The van der Waals surface area contributed by atoms with Crippen molar-refractivity contribution in [2.24, 2.45) is 0 Å². The average molecular weight is 554 g/mol. The predicted molar refractivity (Wildman–Crippen MR) is 181 cm³/mol. The standard InChI is InChI=1S/C40H43NO/c1-38(2,3)27-16-18-34(32(23-27)26-20-28(39(4,5)6)22-29(21-26)40(7,8)9)41-30-17-19-35-33(24-30)31-14-10-12-25-13-11-15-36(42-35)37(25)31/h10-24,41H,1-9H3. The van der Waals surface area contributed by atoms with E-state index in [0.717, 1.165) is 28.4 Å². The van der Waals surface area contributed by atoms with Gasteiger partial charge in [0.2, 0.25) is 0 Å². The van der Waals surface area contributed by atoms with Crippen LogP contribution in [0.2, 0.25) is 0 Å². The van der Waals surface area contributed by atoms with Crippen molar-refractivity contribution in [3.05, 3.63) is 108 Å². The number of rotatable bonds is 3. The van der Waals surface area contributed by atoms with Gasteiger partial charge in [-0.1, -0.05) is 117 Å². The van der Waals surface area contributed by atoms with E-state index >= 15 is 0 Å². The Bertz CT molecular complexity index is 1790. The smallest absolute Gasteiger partial charge is 0.135 e. The lowest BCUT2D eigenvalue weighted by atomic mass is 9.78. The Morgan fingerprint density at radius 2 is 1.14 bits per heavy atom. The molecule has 0 atom stereocenters. The lowest BCUT2D eigenvalue weighted by molar-refractivity contribution is 0.487. The molecule has 0 aromatic heterocycles. The number of ether oxygens (including phenoxy) is 1. The van der Waals surface area contributed by atoms with Crippen molar-refractivity contribution in [2.45, 2.75) is 78.6 Å². The lowest BCUT2D eigenvalue weighted by Gasteiger charge is -2.28. The van der Waals surface area contributed by atoms with Crippen molar-refractivity contribution in [3.63, 3.8) is 0 Å². The molecule has 5 aromatic carbocycles. The number of fused-ring (bicyclic) bond motifs is 2. The fourth-order valence-corrected chi connectivity index (χ4v) is 5.80. The largest absolute Gasteiger partial charge is 0.456 e. The normalized spacial score (nSPS) is 13.1. The molecule has 214 valence electrons. The number of anilines is 2. The van der Waals surface area contributed by atoms with E-state index in [1.807, 2.05) is 0 Å². The van der Waals surface area contributed by atoms with E-state index in [-0.39, 0.29) is 16.2 Å². The second-order valence-corrected chi connectivity index (χ2v) is 14.9. The van der Waals surface area contributed by atoms with Crippen LogP contribution in [0.3, 0.4) is 0 Å². The van der Waals surface area contributed by atoms with Gasteiger partial charge in [0.1, 0.15) is 11.5 Å². The van der Waals surface area contributed by atoms with Gasteiger partial charge in [0, 0.05) is 27.9 Å². The third-order valence-electron chi connectivity index (χ3n) is 8.50. The van der Waals surface area contributed by atoms with E-state index in [1.165, 1.54) is 44.2 Å². The summed E-state index contributed by atoms with van der Waals surface area (Å²) in [6, 6.07) is 33.3. The first-order chi connectivity index (χ1) is 19.7. The van der Waals surface area contributed by atoms with Gasteiger partial charge in [0.15, 0.2) is 0 Å². The topological polar surface area (TPSA) is 21.3 Å². The van der Waals surface area contributed by atoms with E-state index in [1.54, 1.807) is 0 Å². The zero-order chi connectivity index (χ0) is 30.0. The maximum Gasteiger partial charge on any atom is 0.135 e. The van der Waals surface area contributed by atoms with E-state index in [9.17, 15) is 0 Å². The van der Waals surface area contributed by atoms with Crippen LogP contribution in [-0.2, 0) is 16.2 Å². The average Bonchev–Trinajstić information content (AvgIpc) is 2.92. The molecule has 0 radical (unpaired) electrons. The zero-order valence-electron chi connectivity index (χ0n) is 26.6. The Morgan fingerprint density at radius 1 is 0.500 bits per heavy atom. The minimum atomic E-state index is 0.0387. The molecule has 6 rings (SSSR count). The first-order valence-electron chi connectivity index (χ1n) is 15.1. The second kappa shape index (κ2) is 9.76. The Balaban J connectivity index is 1.50. The highest BCUT2D eigenvalue weighted by Gasteiger charge is 2.24. The molecule has 1 aliphatic heterocycles. The summed E-state index contributed by atoms with van der Waals surface area (Å²) in [5, 5.41) is 6.19. The summed E-state index contributed by atoms with van der Waals surface area (Å²) in [6.07, 6.45) is 0. The van der Waals surface area contributed by atoms with Crippen molar-refractivity contribution in [1.82, 2.24) is 0 Å². The zero-order valence-corrected chi connectivity index (χ0v) is 26.6. The minimum absolute atomic E-state index is 0.0387. The molecule has 0 saturated heterocycles. The highest BCUT2D eigenvalue weighted by Crippen LogP contribution is 2.48. The highest BCUT2D eigenvalue weighted by molar-refractivity contribution is 6.04. The number of benzene rings is 5. The maximum atomic E-state index is 6.36. The summed E-state index contributed by atoms with van der Waals surface area (Å²) >= 11 is 0. The van der Waals surface area contributed by atoms with E-state index in [0.29, 0.717) is 0 Å². The SMILES string of the molecule is CC(C)(C)c1cc(-c2cc(C(C)(C)C)ccc2Nc2ccc3c(c2)-c2cccc4cccc(c24)O3)cc(C(C)(C)C)c1. The Morgan fingerprint density at radius 3 is 1.79 bits per heavy atom. The summed E-state index contributed by atoms with van der Waals surface area (Å²) in [5.74, 6) is 1.81. The van der Waals surface area contributed by atoms with Crippen LogP contribution in [0.15, 0.2) is 91.0 Å². The minimum Gasteiger partial charge on any atom is -0.456 e. The van der Waals surface area contributed by atoms with Gasteiger partial charge in [-0.3, -0.25) is 0 Å². The van der Waals surface area contributed by atoms with Gasteiger partial charge in [0.05, 0.1) is 0 Å².